The molecule has 0 aromatic carbocycles. The Hall–Kier alpha value is -1.85. The number of nitrogens with one attached hydrogen (secondary N) is 1. The second kappa shape index (κ2) is 18.4. The van der Waals surface area contributed by atoms with E-state index in [0.717, 1.165) is 88.6 Å². The number of rotatable bonds is 10. The molecule has 55 heavy (non-hydrogen) atoms. The third-order valence-corrected chi connectivity index (χ3v) is 16.3. The first-order chi connectivity index (χ1) is 26.8. The van der Waals surface area contributed by atoms with E-state index in [-0.39, 0.29) is 29.7 Å². The molecular weight excluding hydrogens is 689 g/mol. The number of carbonyl (C=O) groups is 3. The summed E-state index contributed by atoms with van der Waals surface area (Å²) in [6.45, 7) is 14.8. The van der Waals surface area contributed by atoms with Gasteiger partial charge in [0, 0.05) is 96.4 Å². The van der Waals surface area contributed by atoms with Gasteiger partial charge >= 0.3 is 0 Å². The highest BCUT2D eigenvalue weighted by Gasteiger charge is 2.49. The predicted molar refractivity (Wildman–Crippen MR) is 216 cm³/mol. The quantitative estimate of drug-likeness (QED) is 0.236. The van der Waals surface area contributed by atoms with Gasteiger partial charge in [-0.1, -0.05) is 37.3 Å². The summed E-state index contributed by atoms with van der Waals surface area (Å²) < 4.78 is 0. The van der Waals surface area contributed by atoms with E-state index in [1.807, 2.05) is 16.0 Å². The lowest BCUT2D eigenvalue weighted by Gasteiger charge is -2.45. The van der Waals surface area contributed by atoms with Crippen molar-refractivity contribution >= 4 is 17.7 Å². The van der Waals surface area contributed by atoms with E-state index in [1.54, 1.807) is 0 Å². The van der Waals surface area contributed by atoms with Crippen LogP contribution in [0.3, 0.4) is 0 Å². The van der Waals surface area contributed by atoms with Crippen LogP contribution in [-0.2, 0) is 14.4 Å². The van der Waals surface area contributed by atoms with Gasteiger partial charge in [-0.15, -0.1) is 0 Å². The fourth-order valence-corrected chi connectivity index (χ4v) is 13.1. The number of aliphatic hydroxyl groups excluding tert-OH is 1. The van der Waals surface area contributed by atoms with Gasteiger partial charge < -0.3 is 10.0 Å². The molecule has 8 rings (SSSR count). The molecule has 4 unspecified atom stereocenters. The Kier molecular flexibility index (Phi) is 13.4. The Morgan fingerprint density at radius 1 is 0.655 bits per heavy atom. The number of amides is 3. The Balaban J connectivity index is 0.748. The number of piperazine rings is 2. The summed E-state index contributed by atoms with van der Waals surface area (Å²) in [5.74, 6) is 2.37. The van der Waals surface area contributed by atoms with Gasteiger partial charge in [-0.05, 0) is 120 Å². The third kappa shape index (κ3) is 9.24. The largest absolute Gasteiger partial charge is 0.393 e. The zero-order valence-corrected chi connectivity index (χ0v) is 34.3. The molecule has 0 aromatic rings. The first-order valence-electron chi connectivity index (χ1n) is 23.3. The highest BCUT2D eigenvalue weighted by molar-refractivity contribution is 6.02. The average Bonchev–Trinajstić information content (AvgIpc) is 3.55. The minimum absolute atomic E-state index is 0.0521. The van der Waals surface area contributed by atoms with Crippen molar-refractivity contribution in [2.75, 3.05) is 72.0 Å². The van der Waals surface area contributed by atoms with Crippen molar-refractivity contribution in [1.82, 2.24) is 29.8 Å². The molecule has 0 spiro atoms. The molecule has 4 heterocycles. The van der Waals surface area contributed by atoms with E-state index in [9.17, 15) is 19.5 Å². The lowest BCUT2D eigenvalue weighted by molar-refractivity contribution is -0.144. The van der Waals surface area contributed by atoms with Crippen LogP contribution in [0, 0.1) is 29.6 Å². The molecular formula is C45H74N6O4. The molecule has 2 N–H and O–H groups in total. The maximum Gasteiger partial charge on any atom is 0.249 e. The maximum absolute atomic E-state index is 13.3. The number of aliphatic hydroxyl groups is 1. The molecule has 8 fully saturated rings. The predicted octanol–water partition coefficient (Wildman–Crippen LogP) is 5.05. The highest BCUT2D eigenvalue weighted by atomic mass is 16.3. The van der Waals surface area contributed by atoms with Gasteiger partial charge in [0.05, 0.1) is 6.10 Å². The van der Waals surface area contributed by atoms with E-state index >= 15 is 0 Å². The number of allylic oxidation sites excluding steroid dienone is 2. The number of carbonyl (C=O) groups excluding carboxylic acids is 3. The summed E-state index contributed by atoms with van der Waals surface area (Å²) in [6, 6.07) is 0.833. The summed E-state index contributed by atoms with van der Waals surface area (Å²) in [5, 5.41) is 12.8. The molecule has 10 heteroatoms. The van der Waals surface area contributed by atoms with Crippen molar-refractivity contribution in [1.29, 1.82) is 0 Å². The number of piperidine rings is 1. The molecule has 3 amide bonds. The standard InChI is InChI=1S/C45H74N6O4/c1-2-39(32-6-4-3-5-7-32)43(34-10-15-38(52)16-11-34)33-8-12-36(13-9-33)49-26-22-47(23-27-49)20-21-48-24-28-50(29-25-48)37-14-17-40-35(30-37)31-51(45(40)55)41-18-19-42(53)46-44(41)54/h32-38,40-41,52H,2-31H2,1H3,(H,46,53,54)/b43-39+. The van der Waals surface area contributed by atoms with Gasteiger partial charge in [0.1, 0.15) is 6.04 Å². The van der Waals surface area contributed by atoms with Gasteiger partial charge in [-0.25, -0.2) is 0 Å². The molecule has 0 aromatic heterocycles. The van der Waals surface area contributed by atoms with Crippen LogP contribution in [0.4, 0.5) is 0 Å². The monoisotopic (exact) mass is 763 g/mol. The van der Waals surface area contributed by atoms with Crippen molar-refractivity contribution < 1.29 is 19.5 Å². The van der Waals surface area contributed by atoms with Crippen molar-refractivity contribution in [3.63, 3.8) is 0 Å². The Morgan fingerprint density at radius 3 is 1.84 bits per heavy atom. The van der Waals surface area contributed by atoms with E-state index in [4.69, 9.17) is 0 Å². The van der Waals surface area contributed by atoms with Crippen LogP contribution < -0.4 is 5.32 Å². The molecule has 4 atom stereocenters. The van der Waals surface area contributed by atoms with Crippen molar-refractivity contribution in [3.05, 3.63) is 11.1 Å². The van der Waals surface area contributed by atoms with E-state index < -0.39 is 6.04 Å². The molecule has 4 saturated heterocycles. The smallest absolute Gasteiger partial charge is 0.249 e. The van der Waals surface area contributed by atoms with Gasteiger partial charge in [-0.2, -0.15) is 0 Å². The first kappa shape index (κ1) is 40.0. The van der Waals surface area contributed by atoms with E-state index in [1.165, 1.54) is 110 Å². The van der Waals surface area contributed by atoms with Gasteiger partial charge in [-0.3, -0.25) is 39.3 Å². The fraction of sp³-hybridized carbons (Fsp3) is 0.889. The van der Waals surface area contributed by atoms with E-state index in [0.29, 0.717) is 31.3 Å². The van der Waals surface area contributed by atoms with Crippen molar-refractivity contribution in [3.8, 4) is 0 Å². The molecule has 4 aliphatic carbocycles. The molecule has 0 bridgehead atoms. The SMILES string of the molecule is CC/C(=C(\C1CCC(O)CC1)C1CCC(N2CCN(CCN3CCN(C4CCC5C(=O)N(C6CCC(=O)NC6=O)CC5C4)CC3)CC2)CC1)C1CCCCC1. The number of hydrogen-bond donors (Lipinski definition) is 2. The van der Waals surface area contributed by atoms with Crippen LogP contribution in [0.2, 0.25) is 0 Å². The summed E-state index contributed by atoms with van der Waals surface area (Å²) in [4.78, 5) is 50.2. The lowest BCUT2D eigenvalue weighted by atomic mass is 9.67. The van der Waals surface area contributed by atoms with Crippen LogP contribution >= 0.6 is 0 Å². The normalized spacial score (nSPS) is 37.5. The molecule has 4 saturated carbocycles. The number of fused-ring (bicyclic) bond motifs is 1. The minimum Gasteiger partial charge on any atom is -0.393 e. The first-order valence-corrected chi connectivity index (χ1v) is 23.3. The summed E-state index contributed by atoms with van der Waals surface area (Å²) in [6.07, 6.45) is 22.1. The zero-order chi connectivity index (χ0) is 37.9. The van der Waals surface area contributed by atoms with Crippen LogP contribution in [0.1, 0.15) is 129 Å². The van der Waals surface area contributed by atoms with Crippen molar-refractivity contribution in [2.45, 2.75) is 153 Å². The number of hydrogen-bond acceptors (Lipinski definition) is 8. The topological polar surface area (TPSA) is 99.7 Å². The second-order valence-electron chi connectivity index (χ2n) is 19.2. The Bertz CT molecular complexity index is 1350. The molecule has 308 valence electrons. The summed E-state index contributed by atoms with van der Waals surface area (Å²) >= 11 is 0. The van der Waals surface area contributed by atoms with Crippen LogP contribution in [0.25, 0.3) is 0 Å². The minimum atomic E-state index is -0.467. The van der Waals surface area contributed by atoms with Crippen LogP contribution in [0.5, 0.6) is 0 Å². The molecule has 10 nitrogen and oxygen atoms in total. The van der Waals surface area contributed by atoms with E-state index in [2.05, 4.69) is 31.8 Å². The second-order valence-corrected chi connectivity index (χ2v) is 19.2. The summed E-state index contributed by atoms with van der Waals surface area (Å²) in [7, 11) is 0. The molecule has 0 radical (unpaired) electrons. The van der Waals surface area contributed by atoms with Crippen molar-refractivity contribution in [2.24, 2.45) is 29.6 Å². The zero-order valence-electron chi connectivity index (χ0n) is 34.3. The Morgan fingerprint density at radius 2 is 1.24 bits per heavy atom. The maximum atomic E-state index is 13.3. The number of imide groups is 1. The molecule has 4 aliphatic heterocycles. The van der Waals surface area contributed by atoms with Crippen LogP contribution in [-0.4, -0.2) is 144 Å². The lowest BCUT2D eigenvalue weighted by Crippen LogP contribution is -2.55. The van der Waals surface area contributed by atoms with Gasteiger partial charge in [0.25, 0.3) is 0 Å². The number of nitrogens with zero attached hydrogens (tertiary/aromatic N) is 5. The van der Waals surface area contributed by atoms with Gasteiger partial charge in [0.2, 0.25) is 17.7 Å². The average molecular weight is 763 g/mol. The summed E-state index contributed by atoms with van der Waals surface area (Å²) in [5.41, 5.74) is 3.77. The molecule has 8 aliphatic rings. The third-order valence-electron chi connectivity index (χ3n) is 16.3. The highest BCUT2D eigenvalue weighted by Crippen LogP contribution is 2.46. The van der Waals surface area contributed by atoms with Crippen LogP contribution in [0.15, 0.2) is 11.1 Å². The Labute approximate surface area is 332 Å². The fourth-order valence-electron chi connectivity index (χ4n) is 13.1. The number of likely N-dealkylation sites (tertiary alicyclic amines) is 1. The van der Waals surface area contributed by atoms with Gasteiger partial charge in [0.15, 0.2) is 0 Å².